The van der Waals surface area contributed by atoms with Gasteiger partial charge in [-0.15, -0.1) is 0 Å². The Morgan fingerprint density at radius 1 is 1.19 bits per heavy atom. The van der Waals surface area contributed by atoms with Gasteiger partial charge in [0.2, 0.25) is 10.0 Å². The number of nitrogens with zero attached hydrogens (tertiary/aromatic N) is 1. The number of hydrogen-bond donors (Lipinski definition) is 1. The number of aromatic nitrogens is 1. The third kappa shape index (κ3) is 4.16. The van der Waals surface area contributed by atoms with E-state index < -0.39 is 31.4 Å². The van der Waals surface area contributed by atoms with Gasteiger partial charge in [-0.25, -0.2) is 27.0 Å². The Morgan fingerprint density at radius 2 is 1.81 bits per heavy atom. The normalized spacial score (nSPS) is 12.6. The number of primary sulfonamides is 1. The van der Waals surface area contributed by atoms with Crippen molar-refractivity contribution in [3.05, 3.63) is 22.8 Å². The first-order valence-electron chi connectivity index (χ1n) is 4.05. The van der Waals surface area contributed by atoms with E-state index in [0.717, 1.165) is 0 Å². The van der Waals surface area contributed by atoms with Crippen LogP contribution in [0.4, 0.5) is 0 Å². The van der Waals surface area contributed by atoms with Crippen molar-refractivity contribution in [1.82, 2.24) is 4.98 Å². The first kappa shape index (κ1) is 13.6. The van der Waals surface area contributed by atoms with Crippen molar-refractivity contribution in [2.45, 2.75) is 5.03 Å². The number of pyridine rings is 1. The smallest absolute Gasteiger partial charge is 0.210 e. The fourth-order valence-electron chi connectivity index (χ4n) is 0.877. The molecule has 90 valence electrons. The topological polar surface area (TPSA) is 107 Å². The Bertz CT molecular complexity index is 565. The van der Waals surface area contributed by atoms with Crippen LogP contribution in [0.15, 0.2) is 27.8 Å². The van der Waals surface area contributed by atoms with Crippen LogP contribution in [0.5, 0.6) is 0 Å². The monoisotopic (exact) mass is 328 g/mol. The van der Waals surface area contributed by atoms with Crippen LogP contribution in [0.2, 0.25) is 0 Å². The highest BCUT2D eigenvalue weighted by Gasteiger charge is 2.18. The summed E-state index contributed by atoms with van der Waals surface area (Å²) in [6.07, 6.45) is 1.32. The average molecular weight is 329 g/mol. The minimum atomic E-state index is -3.79. The van der Waals surface area contributed by atoms with Gasteiger partial charge in [0.05, 0.1) is 11.5 Å². The number of nitrogens with two attached hydrogens (primary N) is 1. The molecule has 0 aliphatic heterocycles. The van der Waals surface area contributed by atoms with Crippen LogP contribution in [-0.4, -0.2) is 33.3 Å². The summed E-state index contributed by atoms with van der Waals surface area (Å²) < 4.78 is 45.1. The first-order valence-corrected chi connectivity index (χ1v) is 8.21. The van der Waals surface area contributed by atoms with Crippen LogP contribution in [0.25, 0.3) is 0 Å². The van der Waals surface area contributed by atoms with Gasteiger partial charge in [-0.3, -0.25) is 0 Å². The number of rotatable bonds is 4. The van der Waals surface area contributed by atoms with Gasteiger partial charge in [0, 0.05) is 10.7 Å². The number of sulfone groups is 1. The Kier molecular flexibility index (Phi) is 4.05. The second-order valence-corrected chi connectivity index (χ2v) is 7.71. The Labute approximate surface area is 102 Å². The zero-order chi connectivity index (χ0) is 12.4. The Morgan fingerprint density at radius 3 is 2.25 bits per heavy atom. The maximum atomic E-state index is 11.6. The third-order valence-electron chi connectivity index (χ3n) is 1.66. The molecule has 6 nitrogen and oxygen atoms in total. The summed E-state index contributed by atoms with van der Waals surface area (Å²) in [6.45, 7) is 0. The Hall–Kier alpha value is -0.510. The van der Waals surface area contributed by atoms with Crippen molar-refractivity contribution in [2.24, 2.45) is 5.14 Å². The lowest BCUT2D eigenvalue weighted by Gasteiger charge is -2.02. The summed E-state index contributed by atoms with van der Waals surface area (Å²) in [5.41, 5.74) is 0. The second-order valence-electron chi connectivity index (χ2n) is 3.00. The molecular weight excluding hydrogens is 320 g/mol. The molecule has 0 spiro atoms. The fraction of sp³-hybridized carbons (Fsp3) is 0.286. The van der Waals surface area contributed by atoms with Crippen LogP contribution in [0.3, 0.4) is 0 Å². The molecule has 0 amide bonds. The second kappa shape index (κ2) is 4.78. The molecule has 1 aromatic rings. The number of sulfonamides is 1. The highest BCUT2D eigenvalue weighted by Crippen LogP contribution is 2.12. The lowest BCUT2D eigenvalue weighted by Crippen LogP contribution is -2.23. The van der Waals surface area contributed by atoms with Crippen LogP contribution >= 0.6 is 15.9 Å². The Balaban J connectivity index is 2.91. The van der Waals surface area contributed by atoms with Crippen molar-refractivity contribution >= 4 is 35.8 Å². The molecule has 1 heterocycles. The van der Waals surface area contributed by atoms with Gasteiger partial charge in [0.15, 0.2) is 14.9 Å². The highest BCUT2D eigenvalue weighted by molar-refractivity contribution is 9.10. The summed E-state index contributed by atoms with van der Waals surface area (Å²) in [5, 5.41) is 4.56. The van der Waals surface area contributed by atoms with Crippen LogP contribution in [-0.2, 0) is 19.9 Å². The van der Waals surface area contributed by atoms with E-state index in [1.807, 2.05) is 0 Å². The lowest BCUT2D eigenvalue weighted by molar-refractivity contribution is 0.586. The summed E-state index contributed by atoms with van der Waals surface area (Å²) >= 11 is 3.11. The van der Waals surface area contributed by atoms with E-state index in [9.17, 15) is 16.8 Å². The van der Waals surface area contributed by atoms with Gasteiger partial charge < -0.3 is 0 Å². The van der Waals surface area contributed by atoms with Gasteiger partial charge in [-0.1, -0.05) is 0 Å². The molecule has 0 unspecified atom stereocenters. The maximum absolute atomic E-state index is 11.6. The molecule has 0 aromatic carbocycles. The van der Waals surface area contributed by atoms with E-state index in [2.05, 4.69) is 20.9 Å². The lowest BCUT2D eigenvalue weighted by atomic mass is 10.5. The van der Waals surface area contributed by atoms with Gasteiger partial charge in [-0.2, -0.15) is 0 Å². The fourth-order valence-corrected chi connectivity index (χ4v) is 3.62. The SMILES string of the molecule is NS(=O)(=O)CCS(=O)(=O)c1ccc(Br)cn1. The predicted molar refractivity (Wildman–Crippen MR) is 62.0 cm³/mol. The van der Waals surface area contributed by atoms with Gasteiger partial charge in [-0.05, 0) is 28.1 Å². The van der Waals surface area contributed by atoms with Gasteiger partial charge >= 0.3 is 0 Å². The summed E-state index contributed by atoms with van der Waals surface area (Å²) in [7, 11) is -7.49. The average Bonchev–Trinajstić information content (AvgIpc) is 2.15. The third-order valence-corrected chi connectivity index (χ3v) is 4.78. The van der Waals surface area contributed by atoms with Crippen molar-refractivity contribution in [1.29, 1.82) is 0 Å². The van der Waals surface area contributed by atoms with Crippen LogP contribution in [0.1, 0.15) is 0 Å². The molecule has 1 aromatic heterocycles. The van der Waals surface area contributed by atoms with Crippen molar-refractivity contribution < 1.29 is 16.8 Å². The molecule has 0 aliphatic rings. The van der Waals surface area contributed by atoms with E-state index in [4.69, 9.17) is 5.14 Å². The van der Waals surface area contributed by atoms with E-state index >= 15 is 0 Å². The van der Waals surface area contributed by atoms with E-state index in [1.165, 1.54) is 18.3 Å². The molecule has 0 bridgehead atoms. The van der Waals surface area contributed by atoms with Crippen LogP contribution in [0, 0.1) is 0 Å². The predicted octanol–water partition coefficient (Wildman–Crippen LogP) is -0.0937. The molecule has 0 atom stereocenters. The molecule has 1 rings (SSSR count). The molecule has 0 aliphatic carbocycles. The van der Waals surface area contributed by atoms with Crippen molar-refractivity contribution in [3.8, 4) is 0 Å². The quantitative estimate of drug-likeness (QED) is 0.830. The molecule has 0 saturated carbocycles. The molecule has 0 radical (unpaired) electrons. The van der Waals surface area contributed by atoms with Crippen LogP contribution < -0.4 is 5.14 Å². The minimum absolute atomic E-state index is 0.167. The molecule has 0 saturated heterocycles. The molecular formula is C7H9BrN2O4S2. The molecule has 0 fully saturated rings. The van der Waals surface area contributed by atoms with Gasteiger partial charge in [0.25, 0.3) is 0 Å². The van der Waals surface area contributed by atoms with Gasteiger partial charge in [0.1, 0.15) is 0 Å². The molecule has 9 heteroatoms. The number of hydrogen-bond acceptors (Lipinski definition) is 5. The largest absolute Gasteiger partial charge is 0.244 e. The van der Waals surface area contributed by atoms with Crippen molar-refractivity contribution in [3.63, 3.8) is 0 Å². The highest BCUT2D eigenvalue weighted by atomic mass is 79.9. The standard InChI is InChI=1S/C7H9BrN2O4S2/c8-6-1-2-7(10-5-6)15(11,12)3-4-16(9,13)14/h1-2,5H,3-4H2,(H2,9,13,14). The first-order chi connectivity index (χ1) is 7.21. The molecule has 16 heavy (non-hydrogen) atoms. The zero-order valence-electron chi connectivity index (χ0n) is 8.00. The van der Waals surface area contributed by atoms with E-state index in [0.29, 0.717) is 4.47 Å². The van der Waals surface area contributed by atoms with Crippen molar-refractivity contribution in [2.75, 3.05) is 11.5 Å². The summed E-state index contributed by atoms with van der Waals surface area (Å²) in [6, 6.07) is 2.80. The maximum Gasteiger partial charge on any atom is 0.210 e. The molecule has 2 N–H and O–H groups in total. The minimum Gasteiger partial charge on any atom is -0.244 e. The van der Waals surface area contributed by atoms with E-state index in [-0.39, 0.29) is 5.03 Å². The summed E-state index contributed by atoms with van der Waals surface area (Å²) in [4.78, 5) is 3.68. The summed E-state index contributed by atoms with van der Waals surface area (Å²) in [5.74, 6) is -1.19. The number of halogens is 1. The van der Waals surface area contributed by atoms with E-state index in [1.54, 1.807) is 0 Å². The zero-order valence-corrected chi connectivity index (χ0v) is 11.2.